The number of carbonyl (C=O) groups excluding carboxylic acids is 1. The number of amides is 1. The second-order valence-electron chi connectivity index (χ2n) is 6.43. The van der Waals surface area contributed by atoms with Gasteiger partial charge in [-0.15, -0.1) is 11.6 Å². The highest BCUT2D eigenvalue weighted by Crippen LogP contribution is 2.29. The summed E-state index contributed by atoms with van der Waals surface area (Å²) in [6, 6.07) is 5.47. The number of nitrogen functional groups attached to an aromatic ring is 1. The van der Waals surface area contributed by atoms with Crippen molar-refractivity contribution in [2.75, 3.05) is 53.8 Å². The Kier molecular flexibility index (Phi) is 7.04. The van der Waals surface area contributed by atoms with Gasteiger partial charge in [-0.3, -0.25) is 4.79 Å². The Hall–Kier alpha value is -1.82. The van der Waals surface area contributed by atoms with Gasteiger partial charge in [-0.25, -0.2) is 8.42 Å². The average molecular weight is 507 g/mol. The molecule has 3 N–H and O–H groups in total. The fraction of sp³-hybridized carbons (Fsp3) is 0.412. The second-order valence-corrected chi connectivity index (χ2v) is 9.75. The first-order valence-corrected chi connectivity index (χ1v) is 11.8. The number of nitrogens with two attached hydrogens (primary N) is 1. The van der Waals surface area contributed by atoms with Gasteiger partial charge in [0.05, 0.1) is 11.4 Å². The number of nitrogens with zero attached hydrogens (tertiary/aromatic N) is 3. The van der Waals surface area contributed by atoms with Gasteiger partial charge in [0.2, 0.25) is 10.0 Å². The summed E-state index contributed by atoms with van der Waals surface area (Å²) in [6.07, 6.45) is 1.63. The van der Waals surface area contributed by atoms with Gasteiger partial charge in [-0.05, 0) is 40.5 Å². The van der Waals surface area contributed by atoms with Crippen LogP contribution in [0.2, 0.25) is 0 Å². The topological polar surface area (TPSA) is 122 Å². The molecule has 0 bridgehead atoms. The highest BCUT2D eigenvalue weighted by Gasteiger charge is 2.27. The largest absolute Gasteiger partial charge is 0.431 e. The van der Waals surface area contributed by atoms with Crippen LogP contribution in [0.15, 0.2) is 33.4 Å². The van der Waals surface area contributed by atoms with Crippen molar-refractivity contribution in [3.05, 3.63) is 34.6 Å². The highest BCUT2D eigenvalue weighted by molar-refractivity contribution is 9.10. The number of alkyl halides is 1. The van der Waals surface area contributed by atoms with Crippen molar-refractivity contribution in [3.8, 4) is 0 Å². The number of sulfonamides is 1. The molecule has 1 saturated heterocycles. The number of piperazine rings is 1. The van der Waals surface area contributed by atoms with Crippen molar-refractivity contribution in [2.24, 2.45) is 0 Å². The molecule has 1 aliphatic rings. The first-order chi connectivity index (χ1) is 13.8. The van der Waals surface area contributed by atoms with Crippen LogP contribution in [0.4, 0.5) is 17.4 Å². The molecule has 0 aliphatic carbocycles. The quantitative estimate of drug-likeness (QED) is 0.553. The zero-order valence-corrected chi connectivity index (χ0v) is 18.6. The van der Waals surface area contributed by atoms with Gasteiger partial charge in [0.25, 0.3) is 11.9 Å². The third-order valence-corrected chi connectivity index (χ3v) is 7.40. The number of nitrogens with one attached hydrogen (secondary N) is 1. The smallest absolute Gasteiger partial charge is 0.292 e. The molecule has 1 amide bonds. The zero-order valence-electron chi connectivity index (χ0n) is 15.5. The van der Waals surface area contributed by atoms with E-state index in [0.717, 1.165) is 5.69 Å². The van der Waals surface area contributed by atoms with Gasteiger partial charge in [-0.1, -0.05) is 0 Å². The van der Waals surface area contributed by atoms with E-state index in [1.807, 2.05) is 18.2 Å². The molecule has 29 heavy (non-hydrogen) atoms. The lowest BCUT2D eigenvalue weighted by Crippen LogP contribution is -2.49. The number of halogens is 2. The number of hydrogen-bond donors (Lipinski definition) is 2. The van der Waals surface area contributed by atoms with E-state index in [1.165, 1.54) is 10.6 Å². The molecule has 1 aromatic heterocycles. The Balaban J connectivity index is 1.66. The summed E-state index contributed by atoms with van der Waals surface area (Å²) in [5.41, 5.74) is 6.92. The number of rotatable bonds is 7. The Morgan fingerprint density at radius 1 is 1.31 bits per heavy atom. The molecular formula is C17H21BrClN5O4S. The molecule has 1 aliphatic heterocycles. The first kappa shape index (κ1) is 21.9. The lowest BCUT2D eigenvalue weighted by atomic mass is 10.2. The predicted molar refractivity (Wildman–Crippen MR) is 116 cm³/mol. The van der Waals surface area contributed by atoms with E-state index in [1.54, 1.807) is 0 Å². The summed E-state index contributed by atoms with van der Waals surface area (Å²) < 4.78 is 31.7. The van der Waals surface area contributed by atoms with Crippen LogP contribution in [-0.2, 0) is 10.0 Å². The van der Waals surface area contributed by atoms with Gasteiger partial charge in [0.1, 0.15) is 6.26 Å². The van der Waals surface area contributed by atoms with Crippen molar-refractivity contribution in [2.45, 2.75) is 6.42 Å². The first-order valence-electron chi connectivity index (χ1n) is 8.91. The van der Waals surface area contributed by atoms with Crippen molar-refractivity contribution in [3.63, 3.8) is 0 Å². The SMILES string of the molecule is Nc1nc(C(=O)Nc2cc(N3CCN(S(=O)(=O)CCCCl)CC3)ccc2Br)co1. The van der Waals surface area contributed by atoms with Gasteiger partial charge >= 0.3 is 0 Å². The standard InChI is InChI=1S/C17H21BrClN5O4S/c18-13-3-2-12(10-14(13)21-16(25)15-11-28-17(20)22-15)23-5-7-24(8-6-23)29(26,27)9-1-4-19/h2-3,10-11H,1,4-9H2,(H2,20,22)(H,21,25). The summed E-state index contributed by atoms with van der Waals surface area (Å²) >= 11 is 9.03. The predicted octanol–water partition coefficient (Wildman–Crippen LogP) is 2.35. The molecule has 12 heteroatoms. The number of aromatic nitrogens is 1. The maximum atomic E-state index is 12.3. The molecule has 1 aromatic carbocycles. The van der Waals surface area contributed by atoms with Crippen LogP contribution in [0, 0.1) is 0 Å². The lowest BCUT2D eigenvalue weighted by Gasteiger charge is -2.35. The van der Waals surface area contributed by atoms with Crippen LogP contribution in [0.1, 0.15) is 16.9 Å². The molecule has 0 spiro atoms. The summed E-state index contributed by atoms with van der Waals surface area (Å²) in [5, 5.41) is 2.77. The zero-order chi connectivity index (χ0) is 21.0. The summed E-state index contributed by atoms with van der Waals surface area (Å²) in [6.45, 7) is 1.91. The minimum Gasteiger partial charge on any atom is -0.431 e. The molecule has 0 radical (unpaired) electrons. The van der Waals surface area contributed by atoms with Crippen molar-refractivity contribution in [1.29, 1.82) is 0 Å². The minimum absolute atomic E-state index is 0.0670. The van der Waals surface area contributed by atoms with E-state index in [9.17, 15) is 13.2 Å². The maximum absolute atomic E-state index is 12.3. The number of oxazole rings is 1. The van der Waals surface area contributed by atoms with Gasteiger partial charge < -0.3 is 20.4 Å². The van der Waals surface area contributed by atoms with E-state index in [2.05, 4.69) is 31.1 Å². The number of carbonyl (C=O) groups is 1. The third kappa shape index (κ3) is 5.41. The Bertz CT molecular complexity index is 976. The normalized spacial score (nSPS) is 15.4. The van der Waals surface area contributed by atoms with E-state index >= 15 is 0 Å². The van der Waals surface area contributed by atoms with Gasteiger partial charge in [-0.2, -0.15) is 9.29 Å². The van der Waals surface area contributed by atoms with E-state index in [0.29, 0.717) is 48.6 Å². The fourth-order valence-electron chi connectivity index (χ4n) is 2.97. The Morgan fingerprint density at radius 3 is 2.66 bits per heavy atom. The molecule has 0 unspecified atom stereocenters. The van der Waals surface area contributed by atoms with Crippen molar-refractivity contribution >= 4 is 60.9 Å². The van der Waals surface area contributed by atoms with Crippen LogP contribution in [0.3, 0.4) is 0 Å². The van der Waals surface area contributed by atoms with Crippen molar-refractivity contribution < 1.29 is 17.6 Å². The van der Waals surface area contributed by atoms with Crippen LogP contribution < -0.4 is 16.0 Å². The van der Waals surface area contributed by atoms with Crippen LogP contribution in [0.5, 0.6) is 0 Å². The van der Waals surface area contributed by atoms with Crippen LogP contribution >= 0.6 is 27.5 Å². The Morgan fingerprint density at radius 2 is 2.03 bits per heavy atom. The lowest BCUT2D eigenvalue weighted by molar-refractivity contribution is 0.102. The second kappa shape index (κ2) is 9.33. The van der Waals surface area contributed by atoms with E-state index in [4.69, 9.17) is 21.8 Å². The average Bonchev–Trinajstić information content (AvgIpc) is 3.15. The molecule has 0 atom stereocenters. The highest BCUT2D eigenvalue weighted by atomic mass is 79.9. The van der Waals surface area contributed by atoms with Gasteiger partial charge in [0, 0.05) is 42.2 Å². The number of benzene rings is 1. The molecule has 0 saturated carbocycles. The fourth-order valence-corrected chi connectivity index (χ4v) is 5.10. The van der Waals surface area contributed by atoms with Crippen LogP contribution in [-0.4, -0.2) is 61.4 Å². The summed E-state index contributed by atoms with van der Waals surface area (Å²) in [4.78, 5) is 18.2. The minimum atomic E-state index is -3.28. The number of hydrogen-bond acceptors (Lipinski definition) is 7. The summed E-state index contributed by atoms with van der Waals surface area (Å²) in [7, 11) is -3.28. The molecule has 2 aromatic rings. The monoisotopic (exact) mass is 505 g/mol. The van der Waals surface area contributed by atoms with E-state index < -0.39 is 15.9 Å². The third-order valence-electron chi connectivity index (χ3n) is 4.49. The summed E-state index contributed by atoms with van der Waals surface area (Å²) in [5.74, 6) is -0.0519. The Labute approximate surface area is 182 Å². The molecule has 9 nitrogen and oxygen atoms in total. The molecule has 1 fully saturated rings. The van der Waals surface area contributed by atoms with Gasteiger partial charge in [0.15, 0.2) is 5.69 Å². The molecule has 158 valence electrons. The number of anilines is 3. The van der Waals surface area contributed by atoms with Crippen LogP contribution in [0.25, 0.3) is 0 Å². The van der Waals surface area contributed by atoms with Crippen molar-refractivity contribution in [1.82, 2.24) is 9.29 Å². The molecular weight excluding hydrogens is 486 g/mol. The van der Waals surface area contributed by atoms with E-state index in [-0.39, 0.29) is 17.5 Å². The molecule has 3 rings (SSSR count). The maximum Gasteiger partial charge on any atom is 0.292 e. The molecule has 2 heterocycles.